The first kappa shape index (κ1) is 56.9. The summed E-state index contributed by atoms with van der Waals surface area (Å²) in [5.74, 6) is -10.5. The molecule has 6 aromatic carbocycles. The Morgan fingerprint density at radius 1 is 0.260 bits per heavy atom. The smallest absolute Gasteiger partial charge is 0.422 e. The molecule has 0 saturated heterocycles. The zero-order chi connectivity index (χ0) is 160. The van der Waals surface area contributed by atoms with Crippen LogP contribution in [0.15, 0.2) is 250 Å². The number of para-hydroxylation sites is 12. The summed E-state index contributed by atoms with van der Waals surface area (Å²) in [5.41, 5.74) is -23.9. The summed E-state index contributed by atoms with van der Waals surface area (Å²) in [7, 11) is -15.7. The van der Waals surface area contributed by atoms with Gasteiger partial charge in [0.15, 0.2) is 70.3 Å². The molecule has 150 heavy (non-hydrogen) atoms. The fourth-order valence-corrected chi connectivity index (χ4v) is 15.8. The molecule has 54 heteroatoms. The summed E-state index contributed by atoms with van der Waals surface area (Å²) in [6, 6.07) is -0.647. The average molecular weight is 2280 g/mol. The van der Waals surface area contributed by atoms with E-state index in [0.717, 1.165) is 12.3 Å². The normalized spacial score (nSPS) is 20.3. The quantitative estimate of drug-likeness (QED) is 0.0228. The maximum Gasteiger partial charge on any atom is 0.422 e. The molecule has 0 spiro atoms. The van der Waals surface area contributed by atoms with Gasteiger partial charge in [-0.1, -0.05) is 72.6 Å². The average Bonchev–Trinajstić information content (AvgIpc) is 1.30. The number of ether oxygens (including phenoxy) is 6. The number of rotatable bonds is 30. The first-order valence-corrected chi connectivity index (χ1v) is 46.1. The topological polar surface area (TPSA) is 407 Å². The van der Waals surface area contributed by atoms with Crippen molar-refractivity contribution in [1.82, 2.24) is 89.7 Å². The number of hydrogen-bond acceptors (Lipinski definition) is 24. The van der Waals surface area contributed by atoms with Crippen LogP contribution < -0.4 is 28.4 Å². The molecule has 0 aliphatic heterocycles. The molecular formula is C96H84F18N18O12S6. The highest BCUT2D eigenvalue weighted by atomic mass is 32.2. The Hall–Kier alpha value is -14.5. The van der Waals surface area contributed by atoms with Crippen molar-refractivity contribution in [3.8, 4) is 34.5 Å². The van der Waals surface area contributed by atoms with Crippen LogP contribution >= 0.6 is 0 Å². The van der Waals surface area contributed by atoms with Crippen LogP contribution in [0.2, 0.25) is 0 Å². The van der Waals surface area contributed by atoms with Crippen molar-refractivity contribution in [3.63, 3.8) is 0 Å². The van der Waals surface area contributed by atoms with E-state index in [-0.39, 0.29) is 54.4 Å². The summed E-state index contributed by atoms with van der Waals surface area (Å²) >= 11 is 0. The Kier molecular flexibility index (Phi) is 18.9. The summed E-state index contributed by atoms with van der Waals surface area (Å²) in [5, 5.41) is -2.91. The number of hydrogen-bond donors (Lipinski definition) is 6. The molecule has 0 amide bonds. The SMILES string of the molecule is [2H]c1c([2H])c([2H])c2[nH]c(S(=O)C([2H])([2H])c3nccc(OC([2H])([2H])C(F)(F)F)c3C([2H])([2H])[2H])nc2c1[2H].[2H]c1c([2H])c([2H])c2[nH]c(S(=O)Cc3nccc(OC([2H])([2H])C(F)(F)F)c3C([2H])([2H])[2H])nc2c1[2H].[2H]c1nc(C([2H])([2H])S(=O)c2nc3c([2H])c([2H])c([2H])c([2H])c3[nH]2)c(C([2H])([2H])[2H])c(OC([2H])([2H])C(F)(F)F)c1[2H].[2H]c1nc(C([2H])([2H])S(=O)c2nc3ccccc3[nH]2)c(C([2H])([2H])[2H])c(OC([2H])([2H])C(F)(F)F)c1[2H].[2H]c1nc(CS(=O)c2nc3c([2H])c([2H])c([2H])c([2H])c3[nH]2)c(C([2H])([2H])[2H])c(OC([2H])([2H])C(F)(F)F)c1[2H].[2H]c1nc(CS(=O)c2nc3ccccc3[nH]2)c(C([2H])([2H])[2H])c(OC([2H])([2H])C(F)(F)F)c1[2H]. The molecule has 792 valence electrons. The molecule has 0 bridgehead atoms. The van der Waals surface area contributed by atoms with Gasteiger partial charge in [-0.15, -0.1) is 0 Å². The van der Waals surface area contributed by atoms with Crippen molar-refractivity contribution in [2.24, 2.45) is 0 Å². The molecule has 30 nitrogen and oxygen atoms in total. The minimum Gasteiger partial charge on any atom is -0.484 e. The zero-order valence-electron chi connectivity index (χ0n) is 132. The van der Waals surface area contributed by atoms with E-state index in [1.165, 1.54) is 12.1 Å². The Labute approximate surface area is 937 Å². The number of pyridine rings is 6. The number of nitrogens with one attached hydrogen (secondary N) is 6. The minimum atomic E-state index is -5.75. The van der Waals surface area contributed by atoms with Gasteiger partial charge in [0.1, 0.15) is 34.5 Å². The third-order valence-electron chi connectivity index (χ3n) is 16.6. The summed E-state index contributed by atoms with van der Waals surface area (Å²) in [6.45, 7) is -46.7. The van der Waals surface area contributed by atoms with E-state index in [2.05, 4.69) is 118 Å². The molecule has 18 aromatic rings. The van der Waals surface area contributed by atoms with Crippen LogP contribution in [-0.4, -0.2) is 191 Å². The molecule has 0 aliphatic carbocycles. The van der Waals surface area contributed by atoms with Crippen LogP contribution in [0.4, 0.5) is 79.0 Å². The van der Waals surface area contributed by atoms with Gasteiger partial charge in [0.2, 0.25) is 0 Å². The molecule has 0 aliphatic rings. The number of fused-ring (bicyclic) bond motifs is 6. The van der Waals surface area contributed by atoms with Gasteiger partial charge in [-0.05, 0) is 150 Å². The molecule has 18 rings (SSSR count). The van der Waals surface area contributed by atoms with Gasteiger partial charge in [-0.2, -0.15) is 79.0 Å². The molecule has 6 N–H and O–H groups in total. The second-order valence-electron chi connectivity index (χ2n) is 26.9. The Morgan fingerprint density at radius 2 is 0.473 bits per heavy atom. The largest absolute Gasteiger partial charge is 0.484 e. The van der Waals surface area contributed by atoms with Gasteiger partial charge in [-0.3, -0.25) is 55.2 Å². The molecule has 12 aromatic heterocycles. The van der Waals surface area contributed by atoms with Crippen molar-refractivity contribution in [2.75, 3.05) is 39.4 Å². The van der Waals surface area contributed by atoms with E-state index >= 15 is 0 Å². The van der Waals surface area contributed by atoms with Gasteiger partial charge in [0, 0.05) is 103 Å². The monoisotopic (exact) mass is 2270 g/mol. The number of benzene rings is 6. The number of aromatic amines is 6. The lowest BCUT2D eigenvalue weighted by molar-refractivity contribution is -0.154. The van der Waals surface area contributed by atoms with Gasteiger partial charge >= 0.3 is 37.1 Å². The number of nitrogens with zero attached hydrogens (tertiary/aromatic N) is 12. The molecule has 6 unspecified atom stereocenters. The van der Waals surface area contributed by atoms with E-state index < -0.39 is 490 Å². The first-order valence-electron chi connectivity index (χ1n) is 68.7. The van der Waals surface area contributed by atoms with Crippen molar-refractivity contribution in [3.05, 3.63) is 286 Å². The summed E-state index contributed by atoms with van der Waals surface area (Å²) in [6.07, 6.45) is -36.8. The van der Waals surface area contributed by atoms with E-state index in [0.29, 0.717) is 28.8 Å². The van der Waals surface area contributed by atoms with Crippen molar-refractivity contribution >= 4 is 131 Å². The van der Waals surface area contributed by atoms with Crippen LogP contribution in [0.5, 0.6) is 34.5 Å². The van der Waals surface area contributed by atoms with Crippen LogP contribution in [0.25, 0.3) is 66.2 Å². The summed E-state index contributed by atoms with van der Waals surface area (Å²) in [4.78, 5) is 59.3. The first-order chi connectivity index (χ1) is 95.0. The molecule has 6 atom stereocenters. The van der Waals surface area contributed by atoms with Gasteiger partial charge in [0.05, 0.1) is 249 Å². The van der Waals surface area contributed by atoms with E-state index in [9.17, 15) is 104 Å². The van der Waals surface area contributed by atoms with E-state index in [1.54, 1.807) is 36.4 Å². The molecule has 0 fully saturated rings. The Morgan fingerprint density at radius 3 is 0.753 bits per heavy atom. The van der Waals surface area contributed by atoms with Gasteiger partial charge in [0.25, 0.3) is 0 Å². The highest BCUT2D eigenvalue weighted by Crippen LogP contribution is 2.35. The molecule has 0 saturated carbocycles. The Balaban J connectivity index is 0.000000201. The lowest BCUT2D eigenvalue weighted by Crippen LogP contribution is -2.20. The van der Waals surface area contributed by atoms with Gasteiger partial charge in [-0.25, -0.2) is 29.9 Å². The highest BCUT2D eigenvalue weighted by molar-refractivity contribution is 7.85. The maximum atomic E-state index is 13.3. The van der Waals surface area contributed by atoms with Crippen LogP contribution in [-0.2, 0) is 99.2 Å². The van der Waals surface area contributed by atoms with Crippen LogP contribution in [0, 0.1) is 41.1 Å². The maximum absolute atomic E-state index is 13.3. The fourth-order valence-electron chi connectivity index (χ4n) is 10.4. The number of aromatic nitrogens is 18. The third kappa shape index (κ3) is 32.7. The predicted octanol–water partition coefficient (Wildman–Crippen LogP) is 21.1. The van der Waals surface area contributed by atoms with E-state index in [4.69, 9.17) is 82.2 Å². The summed E-state index contributed by atoms with van der Waals surface area (Å²) < 4.78 is 798. The van der Waals surface area contributed by atoms with Crippen molar-refractivity contribution in [2.45, 2.75) is 143 Å². The lowest BCUT2D eigenvalue weighted by atomic mass is 10.2. The van der Waals surface area contributed by atoms with E-state index in [1.807, 2.05) is 0 Å². The van der Waals surface area contributed by atoms with Crippen molar-refractivity contribution in [1.29, 1.82) is 0 Å². The molecule has 12 heterocycles. The standard InChI is InChI=1S/6C16H14F3N3O2S/c6*1-10-13(20-7-6-14(10)24-9-16(17,18)19)8-25(23)15-21-11-4-2-3-5-12(11)22-15/h6*2-7H,8-9H2,1H3,(H,21,22)/i1D3,2D,3D,4D,5D,6D,7D,8D2,9D2;1D3,2D,3D,4D,5D,6D,7D,9D2;1D3,2D,3D,4D,5D,8D2,9D2;1D3,2D,3D,4D,5D,9D2;1D3,6D,7D,8D2,9D2;1D3,6D,7D,9D2. The predicted molar refractivity (Wildman–Crippen MR) is 520 cm³/mol. The van der Waals surface area contributed by atoms with Gasteiger partial charge < -0.3 is 58.3 Å². The number of imidazole rings is 6. The highest BCUT2D eigenvalue weighted by Gasteiger charge is 2.35. The Bertz CT molecular complexity index is 10900. The zero-order valence-corrected chi connectivity index (χ0v) is 77.0. The lowest BCUT2D eigenvalue weighted by Gasteiger charge is -2.13. The third-order valence-corrected chi connectivity index (χ3v) is 22.9. The number of halogens is 18. The number of alkyl halides is 18. The van der Waals surface area contributed by atoms with Crippen molar-refractivity contribution < 1.29 is 215 Å². The molecular weight excluding hydrogens is 2130 g/mol. The minimum absolute atomic E-state index is 0.0703. The number of H-pyrrole nitrogens is 6. The van der Waals surface area contributed by atoms with Crippen LogP contribution in [0.3, 0.4) is 0 Å². The molecule has 0 radical (unpaired) electrons. The second kappa shape index (κ2) is 49.7. The second-order valence-corrected chi connectivity index (χ2v) is 34.4. The fraction of sp³-hybridized carbons (Fsp3) is 0.250. The van der Waals surface area contributed by atoms with Crippen LogP contribution in [0.1, 0.15) is 150 Å².